The lowest BCUT2D eigenvalue weighted by Crippen LogP contribution is -1.98. The fourth-order valence-corrected chi connectivity index (χ4v) is 1.29. The smallest absolute Gasteiger partial charge is 0.311 e. The number of nitrogen functional groups attached to an aromatic ring is 2. The van der Waals surface area contributed by atoms with Crippen LogP contribution in [0.15, 0.2) is 30.3 Å². The summed E-state index contributed by atoms with van der Waals surface area (Å²) in [5, 5.41) is 10.2. The highest BCUT2D eigenvalue weighted by atomic mass is 16.6. The van der Waals surface area contributed by atoms with Crippen LogP contribution in [0.5, 0.6) is 0 Å². The minimum absolute atomic E-state index is 0.0324. The predicted molar refractivity (Wildman–Crippen MR) is 73.4 cm³/mol. The van der Waals surface area contributed by atoms with Crippen molar-refractivity contribution in [2.45, 2.75) is 13.8 Å². The molecule has 0 fully saturated rings. The molecule has 0 unspecified atom stereocenters. The van der Waals surface area contributed by atoms with Crippen LogP contribution in [0.3, 0.4) is 0 Å². The van der Waals surface area contributed by atoms with Gasteiger partial charge in [0, 0.05) is 17.5 Å². The number of hydrogen-bond donors (Lipinski definition) is 2. The third-order valence-corrected chi connectivity index (χ3v) is 2.15. The van der Waals surface area contributed by atoms with Crippen molar-refractivity contribution in [1.82, 2.24) is 9.97 Å². The number of nitrogens with zero attached hydrogens (tertiary/aromatic N) is 3. The molecule has 2 rings (SSSR count). The van der Waals surface area contributed by atoms with Gasteiger partial charge in [0.05, 0.1) is 4.92 Å². The molecule has 0 radical (unpaired) electrons. The zero-order chi connectivity index (χ0) is 14.4. The topological polar surface area (TPSA) is 121 Å². The Kier molecular flexibility index (Phi) is 4.76. The van der Waals surface area contributed by atoms with Gasteiger partial charge in [0.2, 0.25) is 5.82 Å². The first-order valence-corrected chi connectivity index (χ1v) is 5.47. The van der Waals surface area contributed by atoms with Gasteiger partial charge >= 0.3 is 5.69 Å². The van der Waals surface area contributed by atoms with Crippen molar-refractivity contribution >= 4 is 17.3 Å². The van der Waals surface area contributed by atoms with E-state index in [1.54, 1.807) is 19.1 Å². The Morgan fingerprint density at radius 3 is 2.11 bits per heavy atom. The van der Waals surface area contributed by atoms with Crippen molar-refractivity contribution in [2.24, 2.45) is 0 Å². The normalized spacial score (nSPS) is 9.37. The van der Waals surface area contributed by atoms with E-state index in [-0.39, 0.29) is 11.5 Å². The highest BCUT2D eigenvalue weighted by Crippen LogP contribution is 2.17. The van der Waals surface area contributed by atoms with Crippen LogP contribution in [-0.2, 0) is 0 Å². The fourth-order valence-electron chi connectivity index (χ4n) is 1.29. The molecule has 0 aliphatic carbocycles. The average molecular weight is 261 g/mol. The van der Waals surface area contributed by atoms with E-state index in [1.807, 2.05) is 19.1 Å². The van der Waals surface area contributed by atoms with E-state index in [1.165, 1.54) is 6.07 Å². The van der Waals surface area contributed by atoms with Gasteiger partial charge in [-0.05, 0) is 32.0 Å². The lowest BCUT2D eigenvalue weighted by atomic mass is 10.3. The average Bonchev–Trinajstić information content (AvgIpc) is 2.28. The highest BCUT2D eigenvalue weighted by Gasteiger charge is 2.10. The van der Waals surface area contributed by atoms with Crippen LogP contribution >= 0.6 is 0 Å². The molecule has 2 aromatic rings. The molecule has 0 aromatic carbocycles. The van der Waals surface area contributed by atoms with E-state index in [0.29, 0.717) is 11.5 Å². The SMILES string of the molecule is Cc1ccc([N+](=O)[O-])c(N)n1.Cc1cccc(N)n1. The molecule has 19 heavy (non-hydrogen) atoms. The second kappa shape index (κ2) is 6.29. The van der Waals surface area contributed by atoms with Crippen molar-refractivity contribution in [3.63, 3.8) is 0 Å². The summed E-state index contributed by atoms with van der Waals surface area (Å²) in [6, 6.07) is 8.47. The first kappa shape index (κ1) is 14.4. The van der Waals surface area contributed by atoms with E-state index in [4.69, 9.17) is 11.5 Å². The standard InChI is InChI=1S/C6H7N3O2.C6H8N2/c1-4-2-3-5(9(10)11)6(7)8-4;1-5-3-2-4-6(7)8-5/h2-3H,1H3,(H2,7,8);2-4H,1H3,(H2,7,8). The van der Waals surface area contributed by atoms with E-state index >= 15 is 0 Å². The Morgan fingerprint density at radius 1 is 1.05 bits per heavy atom. The maximum Gasteiger partial charge on any atom is 0.311 e. The summed E-state index contributed by atoms with van der Waals surface area (Å²) in [4.78, 5) is 17.3. The summed E-state index contributed by atoms with van der Waals surface area (Å²) in [5.41, 5.74) is 12.1. The molecule has 2 heterocycles. The number of aromatic nitrogens is 2. The second-order valence-corrected chi connectivity index (χ2v) is 3.82. The lowest BCUT2D eigenvalue weighted by Gasteiger charge is -1.95. The molecule has 0 saturated carbocycles. The summed E-state index contributed by atoms with van der Waals surface area (Å²) in [6.45, 7) is 3.64. The number of nitro groups is 1. The van der Waals surface area contributed by atoms with Crippen molar-refractivity contribution in [3.05, 3.63) is 51.8 Å². The Morgan fingerprint density at radius 2 is 1.68 bits per heavy atom. The number of anilines is 2. The van der Waals surface area contributed by atoms with Gasteiger partial charge in [-0.2, -0.15) is 0 Å². The van der Waals surface area contributed by atoms with Crippen LogP contribution in [0.1, 0.15) is 11.4 Å². The van der Waals surface area contributed by atoms with Crippen LogP contribution in [0.4, 0.5) is 17.3 Å². The van der Waals surface area contributed by atoms with E-state index in [9.17, 15) is 10.1 Å². The van der Waals surface area contributed by atoms with Crippen molar-refractivity contribution in [2.75, 3.05) is 11.5 Å². The third kappa shape index (κ3) is 4.58. The maximum absolute atomic E-state index is 10.2. The molecule has 7 nitrogen and oxygen atoms in total. The third-order valence-electron chi connectivity index (χ3n) is 2.15. The van der Waals surface area contributed by atoms with E-state index in [0.717, 1.165) is 5.69 Å². The highest BCUT2D eigenvalue weighted by molar-refractivity contribution is 5.52. The predicted octanol–water partition coefficient (Wildman–Crippen LogP) is 1.85. The van der Waals surface area contributed by atoms with E-state index < -0.39 is 4.92 Å². The maximum atomic E-state index is 10.2. The zero-order valence-electron chi connectivity index (χ0n) is 10.7. The summed E-state index contributed by atoms with van der Waals surface area (Å²) < 4.78 is 0. The quantitative estimate of drug-likeness (QED) is 0.596. The molecular weight excluding hydrogens is 246 g/mol. The first-order valence-electron chi connectivity index (χ1n) is 5.47. The molecule has 0 saturated heterocycles. The minimum atomic E-state index is -0.554. The summed E-state index contributed by atoms with van der Waals surface area (Å²) in [5.74, 6) is 0.556. The van der Waals surface area contributed by atoms with E-state index in [2.05, 4.69) is 9.97 Å². The second-order valence-electron chi connectivity index (χ2n) is 3.82. The van der Waals surface area contributed by atoms with Gasteiger partial charge in [0.25, 0.3) is 0 Å². The molecule has 0 spiro atoms. The first-order chi connectivity index (χ1) is 8.90. The number of rotatable bonds is 1. The number of nitrogens with two attached hydrogens (primary N) is 2. The van der Waals surface area contributed by atoms with Crippen molar-refractivity contribution < 1.29 is 4.92 Å². The van der Waals surface area contributed by atoms with Crippen LogP contribution < -0.4 is 11.5 Å². The van der Waals surface area contributed by atoms with Gasteiger partial charge in [-0.15, -0.1) is 0 Å². The van der Waals surface area contributed by atoms with Gasteiger partial charge < -0.3 is 11.5 Å². The molecule has 0 bridgehead atoms. The van der Waals surface area contributed by atoms with Crippen LogP contribution in [0.25, 0.3) is 0 Å². The minimum Gasteiger partial charge on any atom is -0.384 e. The molecule has 2 aromatic heterocycles. The summed E-state index contributed by atoms with van der Waals surface area (Å²) in [7, 11) is 0. The van der Waals surface area contributed by atoms with Gasteiger partial charge in [0.15, 0.2) is 0 Å². The van der Waals surface area contributed by atoms with Gasteiger partial charge in [-0.3, -0.25) is 10.1 Å². The molecule has 7 heteroatoms. The van der Waals surface area contributed by atoms with Gasteiger partial charge in [-0.1, -0.05) is 6.07 Å². The molecule has 0 aliphatic heterocycles. The Bertz CT molecular complexity index is 569. The molecule has 0 aliphatic rings. The van der Waals surface area contributed by atoms with Crippen LogP contribution in [-0.4, -0.2) is 14.9 Å². The Balaban J connectivity index is 0.000000200. The van der Waals surface area contributed by atoms with Crippen molar-refractivity contribution in [3.8, 4) is 0 Å². The summed E-state index contributed by atoms with van der Waals surface area (Å²) >= 11 is 0. The van der Waals surface area contributed by atoms with Crippen LogP contribution in [0, 0.1) is 24.0 Å². The van der Waals surface area contributed by atoms with Crippen molar-refractivity contribution in [1.29, 1.82) is 0 Å². The van der Waals surface area contributed by atoms with Crippen LogP contribution in [0.2, 0.25) is 0 Å². The van der Waals surface area contributed by atoms with Gasteiger partial charge in [-0.25, -0.2) is 9.97 Å². The molecule has 4 N–H and O–H groups in total. The Labute approximate surface area is 110 Å². The fraction of sp³-hybridized carbons (Fsp3) is 0.167. The summed E-state index contributed by atoms with van der Waals surface area (Å²) in [6.07, 6.45) is 0. The Hall–Kier alpha value is -2.70. The molecular formula is C12H15N5O2. The molecule has 100 valence electrons. The number of pyridine rings is 2. The molecule has 0 atom stereocenters. The molecule has 0 amide bonds. The number of aryl methyl sites for hydroxylation is 2. The van der Waals surface area contributed by atoms with Gasteiger partial charge in [0.1, 0.15) is 5.82 Å². The zero-order valence-corrected chi connectivity index (χ0v) is 10.7. The monoisotopic (exact) mass is 261 g/mol. The number of hydrogen-bond acceptors (Lipinski definition) is 6. The lowest BCUT2D eigenvalue weighted by molar-refractivity contribution is -0.384. The largest absolute Gasteiger partial charge is 0.384 e.